The van der Waals surface area contributed by atoms with E-state index in [1.54, 1.807) is 64.1 Å². The van der Waals surface area contributed by atoms with Crippen LogP contribution in [0.5, 0.6) is 5.75 Å². The molecule has 4 rings (SSSR count). The standard InChI is InChI=1S/C31H30F3N7O2/c1-17(2)43-24-14-13-21(26(33)27(24)34)28(35)25-29(36)37-15-38-30(25)39-19(4)31(40-23-12-8-11-22(32)18(23)3)41(16-42)20-9-6-5-7-10-20/h5-17,19,35H,1-4H3,(H3,36,37,38,39). The van der Waals surface area contributed by atoms with Crippen molar-refractivity contribution < 1.29 is 22.7 Å². The first-order chi connectivity index (χ1) is 20.5. The third-order valence-electron chi connectivity index (χ3n) is 6.41. The van der Waals surface area contributed by atoms with Gasteiger partial charge in [-0.2, -0.15) is 4.39 Å². The van der Waals surface area contributed by atoms with Crippen LogP contribution in [0.25, 0.3) is 0 Å². The van der Waals surface area contributed by atoms with Crippen molar-refractivity contribution in [2.45, 2.75) is 39.8 Å². The molecule has 0 spiro atoms. The number of benzene rings is 3. The average Bonchev–Trinajstić information content (AvgIpc) is 2.98. The highest BCUT2D eigenvalue weighted by Crippen LogP contribution is 2.29. The topological polar surface area (TPSA) is 130 Å². The van der Waals surface area contributed by atoms with E-state index in [0.717, 1.165) is 6.33 Å². The minimum atomic E-state index is -1.30. The Kier molecular flexibility index (Phi) is 9.39. The molecule has 3 aromatic carbocycles. The van der Waals surface area contributed by atoms with E-state index in [4.69, 9.17) is 15.9 Å². The molecule has 1 aromatic heterocycles. The normalized spacial score (nSPS) is 12.1. The van der Waals surface area contributed by atoms with Crippen LogP contribution in [-0.4, -0.2) is 40.1 Å². The third kappa shape index (κ3) is 6.64. The van der Waals surface area contributed by atoms with Crippen molar-refractivity contribution in [2.24, 2.45) is 4.99 Å². The second-order valence-corrected chi connectivity index (χ2v) is 9.79. The van der Waals surface area contributed by atoms with Gasteiger partial charge in [-0.15, -0.1) is 0 Å². The second kappa shape index (κ2) is 13.1. The molecule has 4 N–H and O–H groups in total. The van der Waals surface area contributed by atoms with Gasteiger partial charge >= 0.3 is 0 Å². The highest BCUT2D eigenvalue weighted by molar-refractivity contribution is 6.17. The number of carbonyl (C=O) groups excluding carboxylic acids is 1. The fraction of sp³-hybridized carbons (Fsp3) is 0.194. The molecule has 4 aromatic rings. The van der Waals surface area contributed by atoms with E-state index < -0.39 is 40.9 Å². The van der Waals surface area contributed by atoms with E-state index in [1.807, 2.05) is 0 Å². The molecule has 1 amide bonds. The summed E-state index contributed by atoms with van der Waals surface area (Å²) in [6, 6.07) is 14.7. The Hall–Kier alpha value is -5.26. The minimum Gasteiger partial charge on any atom is -0.488 e. The summed E-state index contributed by atoms with van der Waals surface area (Å²) in [6.45, 7) is 6.57. The van der Waals surface area contributed by atoms with Gasteiger partial charge in [0.25, 0.3) is 0 Å². The number of nitrogens with zero attached hydrogens (tertiary/aromatic N) is 4. The van der Waals surface area contributed by atoms with Crippen LogP contribution in [0.2, 0.25) is 0 Å². The summed E-state index contributed by atoms with van der Waals surface area (Å²) in [4.78, 5) is 26.5. The van der Waals surface area contributed by atoms with Gasteiger partial charge in [-0.3, -0.25) is 15.1 Å². The van der Waals surface area contributed by atoms with Gasteiger partial charge in [-0.25, -0.2) is 23.7 Å². The Morgan fingerprint density at radius 1 is 1.02 bits per heavy atom. The molecule has 0 saturated heterocycles. The van der Waals surface area contributed by atoms with E-state index in [1.165, 1.54) is 29.2 Å². The Labute approximate surface area is 246 Å². The molecule has 43 heavy (non-hydrogen) atoms. The Morgan fingerprint density at radius 2 is 1.74 bits per heavy atom. The summed E-state index contributed by atoms with van der Waals surface area (Å²) in [7, 11) is 0. The van der Waals surface area contributed by atoms with Gasteiger partial charge in [-0.05, 0) is 64.1 Å². The van der Waals surface area contributed by atoms with Crippen molar-refractivity contribution in [3.63, 3.8) is 0 Å². The maximum atomic E-state index is 15.2. The predicted molar refractivity (Wildman–Crippen MR) is 161 cm³/mol. The second-order valence-electron chi connectivity index (χ2n) is 9.79. The number of nitrogens with one attached hydrogen (secondary N) is 2. The summed E-state index contributed by atoms with van der Waals surface area (Å²) in [5, 5.41) is 11.8. The Morgan fingerprint density at radius 3 is 2.42 bits per heavy atom. The maximum absolute atomic E-state index is 15.2. The number of anilines is 3. The zero-order valence-electron chi connectivity index (χ0n) is 23.9. The van der Waals surface area contributed by atoms with E-state index in [2.05, 4.69) is 20.3 Å². The van der Waals surface area contributed by atoms with Crippen molar-refractivity contribution in [1.29, 1.82) is 5.41 Å². The summed E-state index contributed by atoms with van der Waals surface area (Å²) in [5.74, 6) is -3.35. The Balaban J connectivity index is 1.78. The fourth-order valence-corrected chi connectivity index (χ4v) is 4.26. The Bertz CT molecular complexity index is 1680. The molecule has 0 aliphatic heterocycles. The van der Waals surface area contributed by atoms with E-state index in [-0.39, 0.29) is 40.0 Å². The number of amides is 1. The molecule has 1 atom stereocenters. The van der Waals surface area contributed by atoms with Crippen molar-refractivity contribution in [1.82, 2.24) is 9.97 Å². The molecule has 1 unspecified atom stereocenters. The molecule has 12 heteroatoms. The highest BCUT2D eigenvalue weighted by atomic mass is 19.2. The van der Waals surface area contributed by atoms with Gasteiger partial charge in [0.1, 0.15) is 29.6 Å². The summed E-state index contributed by atoms with van der Waals surface area (Å²) < 4.78 is 49.7. The minimum absolute atomic E-state index is 0.00473. The lowest BCUT2D eigenvalue weighted by Gasteiger charge is -2.26. The molecule has 0 aliphatic rings. The number of nitrogen functional groups attached to an aromatic ring is 1. The lowest BCUT2D eigenvalue weighted by atomic mass is 10.0. The molecule has 222 valence electrons. The first kappa shape index (κ1) is 30.7. The number of aromatic nitrogens is 2. The molecule has 0 fully saturated rings. The number of aliphatic imine (C=N–C) groups is 1. The van der Waals surface area contributed by atoms with Gasteiger partial charge in [-0.1, -0.05) is 24.3 Å². The quantitative estimate of drug-likeness (QED) is 0.115. The van der Waals surface area contributed by atoms with Crippen LogP contribution in [0.15, 0.2) is 72.0 Å². The SMILES string of the molecule is Cc1c(F)cccc1N=C(C(C)Nc1ncnc(N)c1C(=N)c1ccc(OC(C)C)c(F)c1F)N(C=O)c1ccccc1. The number of amidine groups is 1. The average molecular weight is 590 g/mol. The van der Waals surface area contributed by atoms with Crippen LogP contribution in [0.3, 0.4) is 0 Å². The number of carbonyl (C=O) groups is 1. The van der Waals surface area contributed by atoms with E-state index in [9.17, 15) is 13.6 Å². The number of rotatable bonds is 10. The molecular weight excluding hydrogens is 559 g/mol. The van der Waals surface area contributed by atoms with E-state index in [0.29, 0.717) is 12.1 Å². The molecule has 0 bridgehead atoms. The highest BCUT2D eigenvalue weighted by Gasteiger charge is 2.26. The molecule has 0 radical (unpaired) electrons. The van der Waals surface area contributed by atoms with Crippen LogP contribution >= 0.6 is 0 Å². The lowest BCUT2D eigenvalue weighted by molar-refractivity contribution is -0.106. The van der Waals surface area contributed by atoms with Crippen LogP contribution in [0.1, 0.15) is 37.5 Å². The predicted octanol–water partition coefficient (Wildman–Crippen LogP) is 6.18. The first-order valence-corrected chi connectivity index (χ1v) is 13.3. The van der Waals surface area contributed by atoms with Crippen LogP contribution in [-0.2, 0) is 4.79 Å². The first-order valence-electron chi connectivity index (χ1n) is 13.3. The number of para-hydroxylation sites is 1. The summed E-state index contributed by atoms with van der Waals surface area (Å²) in [6.07, 6.45) is 1.31. The number of hydrogen-bond donors (Lipinski definition) is 3. The molecule has 9 nitrogen and oxygen atoms in total. The van der Waals surface area contributed by atoms with Crippen LogP contribution < -0.4 is 20.7 Å². The number of ether oxygens (including phenoxy) is 1. The van der Waals surface area contributed by atoms with Crippen molar-refractivity contribution in [2.75, 3.05) is 16.0 Å². The third-order valence-corrected chi connectivity index (χ3v) is 6.41. The largest absolute Gasteiger partial charge is 0.488 e. The summed E-state index contributed by atoms with van der Waals surface area (Å²) in [5.41, 5.74) is 6.16. The number of halogens is 3. The fourth-order valence-electron chi connectivity index (χ4n) is 4.26. The smallest absolute Gasteiger partial charge is 0.219 e. The van der Waals surface area contributed by atoms with E-state index >= 15 is 4.39 Å². The van der Waals surface area contributed by atoms with Gasteiger partial charge < -0.3 is 15.8 Å². The lowest BCUT2D eigenvalue weighted by Crippen LogP contribution is -2.41. The van der Waals surface area contributed by atoms with Crippen LogP contribution in [0.4, 0.5) is 36.2 Å². The molecule has 0 saturated carbocycles. The monoisotopic (exact) mass is 589 g/mol. The van der Waals surface area contributed by atoms with Gasteiger partial charge in [0, 0.05) is 16.8 Å². The van der Waals surface area contributed by atoms with Gasteiger partial charge in [0.2, 0.25) is 12.2 Å². The van der Waals surface area contributed by atoms with Crippen molar-refractivity contribution in [3.05, 3.63) is 101 Å². The molecule has 1 heterocycles. The molecule has 0 aliphatic carbocycles. The van der Waals surface area contributed by atoms with Crippen molar-refractivity contribution in [3.8, 4) is 5.75 Å². The maximum Gasteiger partial charge on any atom is 0.219 e. The van der Waals surface area contributed by atoms with Gasteiger partial charge in [0.05, 0.1) is 29.1 Å². The zero-order chi connectivity index (χ0) is 31.3. The number of nitrogens with two attached hydrogens (primary N) is 1. The van der Waals surface area contributed by atoms with Gasteiger partial charge in [0.15, 0.2) is 11.6 Å². The number of hydrogen-bond acceptors (Lipinski definition) is 8. The van der Waals surface area contributed by atoms with Crippen LogP contribution in [0, 0.1) is 29.8 Å². The molecular formula is C31H30F3N7O2. The van der Waals surface area contributed by atoms with Crippen molar-refractivity contribution >= 4 is 41.0 Å². The zero-order valence-corrected chi connectivity index (χ0v) is 23.9. The summed E-state index contributed by atoms with van der Waals surface area (Å²) >= 11 is 0.